The third-order valence-electron chi connectivity index (χ3n) is 4.94. The average Bonchev–Trinajstić information content (AvgIpc) is 2.61. The van der Waals surface area contributed by atoms with E-state index >= 15 is 0 Å². The lowest BCUT2D eigenvalue weighted by Crippen LogP contribution is -2.48. The molecule has 0 aromatic heterocycles. The molecule has 3 unspecified atom stereocenters. The van der Waals surface area contributed by atoms with Crippen molar-refractivity contribution in [3.05, 3.63) is 35.4 Å². The average molecular weight is 370 g/mol. The lowest BCUT2D eigenvalue weighted by atomic mass is 9.98. The summed E-state index contributed by atoms with van der Waals surface area (Å²) in [5, 5.41) is 3.07. The number of nitrogens with zero attached hydrogens (tertiary/aromatic N) is 1. The van der Waals surface area contributed by atoms with Crippen molar-refractivity contribution < 1.29 is 9.53 Å². The van der Waals surface area contributed by atoms with E-state index in [1.54, 1.807) is 0 Å². The maximum absolute atomic E-state index is 12.3. The first-order valence-electron chi connectivity index (χ1n) is 8.94. The molecule has 0 saturated carbocycles. The number of carbonyl (C=O) groups is 1. The van der Waals surface area contributed by atoms with Crippen molar-refractivity contribution in [3.63, 3.8) is 0 Å². The Kier molecular flexibility index (Phi) is 9.43. The highest BCUT2D eigenvalue weighted by Gasteiger charge is 2.25. The van der Waals surface area contributed by atoms with Gasteiger partial charge in [0.2, 0.25) is 5.91 Å². The van der Waals surface area contributed by atoms with Gasteiger partial charge < -0.3 is 15.8 Å². The summed E-state index contributed by atoms with van der Waals surface area (Å²) >= 11 is 0. The molecule has 5 nitrogen and oxygen atoms in total. The molecule has 0 radical (unpaired) electrons. The number of nitrogens with two attached hydrogens (primary N) is 1. The standard InChI is InChI=1S/C19H31N3O2.ClH/c1-4-15(3)18(20)19(23)21-13-17(22-8-10-24-11-9-22)16-7-5-6-14(2)12-16;/h5-7,12,15,17-18H,4,8-11,13,20H2,1-3H3,(H,21,23);1H. The summed E-state index contributed by atoms with van der Waals surface area (Å²) in [7, 11) is 0. The highest BCUT2D eigenvalue weighted by Crippen LogP contribution is 2.22. The van der Waals surface area contributed by atoms with Gasteiger partial charge in [0.25, 0.3) is 0 Å². The smallest absolute Gasteiger partial charge is 0.237 e. The van der Waals surface area contributed by atoms with E-state index in [1.165, 1.54) is 11.1 Å². The Hall–Kier alpha value is -1.14. The van der Waals surface area contributed by atoms with Crippen LogP contribution in [0.25, 0.3) is 0 Å². The molecule has 25 heavy (non-hydrogen) atoms. The molecular weight excluding hydrogens is 338 g/mol. The molecule has 1 aliphatic rings. The number of benzene rings is 1. The highest BCUT2D eigenvalue weighted by molar-refractivity contribution is 5.85. The first-order chi connectivity index (χ1) is 11.5. The third-order valence-corrected chi connectivity index (χ3v) is 4.94. The zero-order valence-corrected chi connectivity index (χ0v) is 16.3. The number of carbonyl (C=O) groups excluding carboxylic acids is 1. The first-order valence-corrected chi connectivity index (χ1v) is 8.94. The summed E-state index contributed by atoms with van der Waals surface area (Å²) in [6.45, 7) is 9.98. The van der Waals surface area contributed by atoms with Gasteiger partial charge in [-0.1, -0.05) is 50.1 Å². The predicted molar refractivity (Wildman–Crippen MR) is 104 cm³/mol. The van der Waals surface area contributed by atoms with Gasteiger partial charge in [-0.15, -0.1) is 12.4 Å². The minimum atomic E-state index is -0.446. The predicted octanol–water partition coefficient (Wildman–Crippen LogP) is 2.28. The number of nitrogens with one attached hydrogen (secondary N) is 1. The SMILES string of the molecule is CCC(C)C(N)C(=O)NCC(c1cccc(C)c1)N1CCOCC1.Cl. The van der Waals surface area contributed by atoms with E-state index in [-0.39, 0.29) is 30.3 Å². The number of halogens is 1. The van der Waals surface area contributed by atoms with Gasteiger partial charge in [-0.25, -0.2) is 0 Å². The second-order valence-electron chi connectivity index (χ2n) is 6.73. The van der Waals surface area contributed by atoms with E-state index in [0.29, 0.717) is 6.54 Å². The van der Waals surface area contributed by atoms with Crippen LogP contribution in [0.15, 0.2) is 24.3 Å². The minimum absolute atomic E-state index is 0. The summed E-state index contributed by atoms with van der Waals surface area (Å²) in [6, 6.07) is 8.20. The Morgan fingerprint density at radius 1 is 1.36 bits per heavy atom. The van der Waals surface area contributed by atoms with Crippen LogP contribution in [0.2, 0.25) is 0 Å². The summed E-state index contributed by atoms with van der Waals surface area (Å²) in [5.41, 5.74) is 8.51. The Morgan fingerprint density at radius 2 is 2.04 bits per heavy atom. The van der Waals surface area contributed by atoms with Crippen molar-refractivity contribution in [3.8, 4) is 0 Å². The Labute approximate surface area is 157 Å². The van der Waals surface area contributed by atoms with E-state index in [9.17, 15) is 4.79 Å². The zero-order valence-electron chi connectivity index (χ0n) is 15.5. The van der Waals surface area contributed by atoms with Crippen LogP contribution in [-0.2, 0) is 9.53 Å². The second kappa shape index (κ2) is 10.8. The largest absolute Gasteiger partial charge is 0.379 e. The molecule has 0 spiro atoms. The zero-order chi connectivity index (χ0) is 17.5. The van der Waals surface area contributed by atoms with E-state index in [2.05, 4.69) is 48.3 Å². The molecule has 3 atom stereocenters. The van der Waals surface area contributed by atoms with Crippen LogP contribution in [0, 0.1) is 12.8 Å². The molecule has 1 amide bonds. The molecule has 1 fully saturated rings. The van der Waals surface area contributed by atoms with E-state index in [1.807, 2.05) is 6.92 Å². The number of rotatable bonds is 7. The molecule has 1 saturated heterocycles. The molecular formula is C19H32ClN3O2. The van der Waals surface area contributed by atoms with Crippen molar-refractivity contribution in [2.24, 2.45) is 11.7 Å². The number of ether oxygens (including phenoxy) is 1. The fourth-order valence-electron chi connectivity index (χ4n) is 3.05. The summed E-state index contributed by atoms with van der Waals surface area (Å²) in [5.74, 6) is 0.126. The minimum Gasteiger partial charge on any atom is -0.379 e. The molecule has 3 N–H and O–H groups in total. The topological polar surface area (TPSA) is 67.6 Å². The van der Waals surface area contributed by atoms with Crippen LogP contribution in [0.3, 0.4) is 0 Å². The van der Waals surface area contributed by atoms with Crippen molar-refractivity contribution in [1.82, 2.24) is 10.2 Å². The maximum Gasteiger partial charge on any atom is 0.237 e. The summed E-state index contributed by atoms with van der Waals surface area (Å²) < 4.78 is 5.47. The van der Waals surface area contributed by atoms with Crippen LogP contribution < -0.4 is 11.1 Å². The Morgan fingerprint density at radius 3 is 2.64 bits per heavy atom. The van der Waals surface area contributed by atoms with Crippen LogP contribution in [0.4, 0.5) is 0 Å². The van der Waals surface area contributed by atoms with Crippen LogP contribution in [0.5, 0.6) is 0 Å². The van der Waals surface area contributed by atoms with Crippen LogP contribution in [0.1, 0.15) is 37.4 Å². The number of aryl methyl sites for hydroxylation is 1. The van der Waals surface area contributed by atoms with Gasteiger partial charge in [-0.3, -0.25) is 9.69 Å². The second-order valence-corrected chi connectivity index (χ2v) is 6.73. The lowest BCUT2D eigenvalue weighted by Gasteiger charge is -2.35. The summed E-state index contributed by atoms with van der Waals surface area (Å²) in [6.07, 6.45) is 0.902. The fraction of sp³-hybridized carbons (Fsp3) is 0.632. The van der Waals surface area contributed by atoms with Gasteiger partial charge in [0.05, 0.1) is 25.3 Å². The van der Waals surface area contributed by atoms with Crippen molar-refractivity contribution in [2.45, 2.75) is 39.3 Å². The van der Waals surface area contributed by atoms with E-state index in [4.69, 9.17) is 10.5 Å². The lowest BCUT2D eigenvalue weighted by molar-refractivity contribution is -0.123. The van der Waals surface area contributed by atoms with Gasteiger partial charge >= 0.3 is 0 Å². The molecule has 0 bridgehead atoms. The van der Waals surface area contributed by atoms with Crippen LogP contribution in [-0.4, -0.2) is 49.7 Å². The van der Waals surface area contributed by atoms with Gasteiger partial charge in [0, 0.05) is 19.6 Å². The van der Waals surface area contributed by atoms with Crippen molar-refractivity contribution in [1.29, 1.82) is 0 Å². The van der Waals surface area contributed by atoms with Crippen molar-refractivity contribution >= 4 is 18.3 Å². The van der Waals surface area contributed by atoms with E-state index < -0.39 is 6.04 Å². The quantitative estimate of drug-likeness (QED) is 0.773. The highest BCUT2D eigenvalue weighted by atomic mass is 35.5. The molecule has 2 rings (SSSR count). The molecule has 1 aromatic rings. The number of morpholine rings is 1. The Balaban J connectivity index is 0.00000312. The normalized spacial score (nSPS) is 18.7. The molecule has 6 heteroatoms. The summed E-state index contributed by atoms with van der Waals surface area (Å²) in [4.78, 5) is 14.7. The third kappa shape index (κ3) is 6.26. The van der Waals surface area contributed by atoms with Crippen molar-refractivity contribution in [2.75, 3.05) is 32.8 Å². The van der Waals surface area contributed by atoms with Gasteiger partial charge in [-0.2, -0.15) is 0 Å². The van der Waals surface area contributed by atoms with Gasteiger partial charge in [0.1, 0.15) is 0 Å². The molecule has 142 valence electrons. The fourth-order valence-corrected chi connectivity index (χ4v) is 3.05. The molecule has 0 aliphatic carbocycles. The monoisotopic (exact) mass is 369 g/mol. The van der Waals surface area contributed by atoms with Gasteiger partial charge in [0.15, 0.2) is 0 Å². The molecule has 1 heterocycles. The molecule has 1 aliphatic heterocycles. The van der Waals surface area contributed by atoms with Gasteiger partial charge in [-0.05, 0) is 18.4 Å². The number of amides is 1. The maximum atomic E-state index is 12.3. The molecule has 1 aromatic carbocycles. The number of hydrogen-bond donors (Lipinski definition) is 2. The number of hydrogen-bond acceptors (Lipinski definition) is 4. The Bertz CT molecular complexity index is 535. The first kappa shape index (κ1) is 21.9. The van der Waals surface area contributed by atoms with E-state index in [0.717, 1.165) is 32.7 Å². The van der Waals surface area contributed by atoms with Crippen LogP contribution >= 0.6 is 12.4 Å².